The zero-order chi connectivity index (χ0) is 21.8. The molecule has 0 saturated heterocycles. The second kappa shape index (κ2) is 7.14. The van der Waals surface area contributed by atoms with Crippen LogP contribution >= 0.6 is 0 Å². The van der Waals surface area contributed by atoms with Crippen LogP contribution in [0.3, 0.4) is 0 Å². The summed E-state index contributed by atoms with van der Waals surface area (Å²) in [6, 6.07) is 29.8. The van der Waals surface area contributed by atoms with E-state index in [1.54, 1.807) is 0 Å². The maximum atomic E-state index is 6.34. The van der Waals surface area contributed by atoms with E-state index < -0.39 is 0 Å². The highest BCUT2D eigenvalue weighted by molar-refractivity contribution is 6.07. The molecular weight excluding hydrogens is 404 g/mol. The molecule has 6 aromatic rings. The first-order valence-electron chi connectivity index (χ1n) is 11.3. The van der Waals surface area contributed by atoms with E-state index in [9.17, 15) is 0 Å². The fourth-order valence-electron chi connectivity index (χ4n) is 5.17. The SMILES string of the molecule is c1ccc(-c2cc(-c3nccc4oc5c(c34)-c3cccnc3CC5)cc3ccccc23)cc1. The van der Waals surface area contributed by atoms with Gasteiger partial charge in [0.25, 0.3) is 0 Å². The fourth-order valence-corrected chi connectivity index (χ4v) is 5.17. The lowest BCUT2D eigenvalue weighted by Gasteiger charge is -2.15. The van der Waals surface area contributed by atoms with Crippen molar-refractivity contribution in [2.75, 3.05) is 0 Å². The minimum Gasteiger partial charge on any atom is -0.460 e. The zero-order valence-electron chi connectivity index (χ0n) is 18.0. The normalized spacial score (nSPS) is 12.6. The van der Waals surface area contributed by atoms with E-state index in [1.165, 1.54) is 21.9 Å². The molecule has 3 aromatic heterocycles. The molecule has 0 amide bonds. The summed E-state index contributed by atoms with van der Waals surface area (Å²) < 4.78 is 6.34. The van der Waals surface area contributed by atoms with Crippen LogP contribution in [-0.4, -0.2) is 9.97 Å². The quantitative estimate of drug-likeness (QED) is 0.289. The smallest absolute Gasteiger partial charge is 0.138 e. The van der Waals surface area contributed by atoms with E-state index in [4.69, 9.17) is 9.40 Å². The summed E-state index contributed by atoms with van der Waals surface area (Å²) >= 11 is 0. The largest absolute Gasteiger partial charge is 0.460 e. The number of aryl methyl sites for hydroxylation is 2. The highest BCUT2D eigenvalue weighted by atomic mass is 16.3. The van der Waals surface area contributed by atoms with Crippen molar-refractivity contribution in [3.8, 4) is 33.5 Å². The Kier molecular flexibility index (Phi) is 3.97. The molecule has 0 saturated carbocycles. The van der Waals surface area contributed by atoms with E-state index >= 15 is 0 Å². The van der Waals surface area contributed by atoms with Crippen LogP contribution in [0.15, 0.2) is 102 Å². The van der Waals surface area contributed by atoms with Gasteiger partial charge in [0.15, 0.2) is 0 Å². The first-order chi connectivity index (χ1) is 16.4. The minimum absolute atomic E-state index is 0.862. The number of fused-ring (bicyclic) bond motifs is 6. The molecule has 0 fully saturated rings. The van der Waals surface area contributed by atoms with Crippen LogP contribution < -0.4 is 0 Å². The summed E-state index contributed by atoms with van der Waals surface area (Å²) in [5.74, 6) is 1.03. The number of rotatable bonds is 2. The number of hydrogen-bond acceptors (Lipinski definition) is 3. The predicted octanol–water partition coefficient (Wildman–Crippen LogP) is 7.48. The van der Waals surface area contributed by atoms with Crippen molar-refractivity contribution in [3.05, 3.63) is 109 Å². The van der Waals surface area contributed by atoms with E-state index in [0.29, 0.717) is 0 Å². The number of hydrogen-bond donors (Lipinski definition) is 0. The van der Waals surface area contributed by atoms with Crippen LogP contribution in [-0.2, 0) is 12.8 Å². The van der Waals surface area contributed by atoms with Crippen LogP contribution in [0.5, 0.6) is 0 Å². The lowest BCUT2D eigenvalue weighted by atomic mass is 9.89. The molecule has 3 aromatic carbocycles. The monoisotopic (exact) mass is 424 g/mol. The van der Waals surface area contributed by atoms with Gasteiger partial charge in [-0.3, -0.25) is 9.97 Å². The second-order valence-corrected chi connectivity index (χ2v) is 8.54. The molecular formula is C30H20N2O. The summed E-state index contributed by atoms with van der Waals surface area (Å²) in [6.07, 6.45) is 5.50. The Hall–Kier alpha value is -4.24. The van der Waals surface area contributed by atoms with Gasteiger partial charge in [-0.15, -0.1) is 0 Å². The molecule has 0 bridgehead atoms. The van der Waals surface area contributed by atoms with Crippen LogP contribution in [0.25, 0.3) is 55.3 Å². The van der Waals surface area contributed by atoms with E-state index in [1.807, 2.05) is 24.5 Å². The minimum atomic E-state index is 0.862. The maximum absolute atomic E-state index is 6.34. The maximum Gasteiger partial charge on any atom is 0.138 e. The van der Waals surface area contributed by atoms with E-state index in [-0.39, 0.29) is 0 Å². The standard InChI is InChI=1S/C30H20N2O/c1-2-7-19(8-3-1)24-18-21(17-20-9-4-5-10-22(20)24)30-29-27(14-16-32-30)33-26-13-12-25-23(28(26)29)11-6-15-31-25/h1-11,14-18H,12-13H2. The third-order valence-corrected chi connectivity index (χ3v) is 6.64. The third-order valence-electron chi connectivity index (χ3n) is 6.64. The average Bonchev–Trinajstić information content (AvgIpc) is 3.28. The van der Waals surface area contributed by atoms with Gasteiger partial charge in [-0.25, -0.2) is 0 Å². The van der Waals surface area contributed by atoms with Gasteiger partial charge < -0.3 is 4.42 Å². The van der Waals surface area contributed by atoms with Crippen molar-refractivity contribution >= 4 is 21.7 Å². The van der Waals surface area contributed by atoms with Gasteiger partial charge in [-0.1, -0.05) is 60.7 Å². The number of benzene rings is 3. The molecule has 1 aliphatic rings. The lowest BCUT2D eigenvalue weighted by Crippen LogP contribution is -2.03. The van der Waals surface area contributed by atoms with Crippen LogP contribution in [0.4, 0.5) is 0 Å². The van der Waals surface area contributed by atoms with Crippen molar-refractivity contribution in [1.29, 1.82) is 0 Å². The number of furan rings is 1. The van der Waals surface area contributed by atoms with Crippen LogP contribution in [0, 0.1) is 0 Å². The van der Waals surface area contributed by atoms with E-state index in [2.05, 4.69) is 77.8 Å². The third kappa shape index (κ3) is 2.82. The van der Waals surface area contributed by atoms with Crippen molar-refractivity contribution in [3.63, 3.8) is 0 Å². The predicted molar refractivity (Wildman–Crippen MR) is 133 cm³/mol. The number of aromatic nitrogens is 2. The molecule has 0 unspecified atom stereocenters. The topological polar surface area (TPSA) is 38.9 Å². The molecule has 7 rings (SSSR count). The molecule has 156 valence electrons. The fraction of sp³-hybridized carbons (Fsp3) is 0.0667. The van der Waals surface area contributed by atoms with Crippen LogP contribution in [0.1, 0.15) is 11.5 Å². The first-order valence-corrected chi connectivity index (χ1v) is 11.3. The highest BCUT2D eigenvalue weighted by Gasteiger charge is 2.26. The summed E-state index contributed by atoms with van der Waals surface area (Å²) in [6.45, 7) is 0. The second-order valence-electron chi connectivity index (χ2n) is 8.54. The molecule has 3 nitrogen and oxygen atoms in total. The van der Waals surface area contributed by atoms with E-state index in [0.717, 1.165) is 57.6 Å². The summed E-state index contributed by atoms with van der Waals surface area (Å²) in [5.41, 5.74) is 8.79. The Morgan fingerprint density at radius 2 is 1.55 bits per heavy atom. The molecule has 3 heterocycles. The van der Waals surface area contributed by atoms with Crippen molar-refractivity contribution in [2.24, 2.45) is 0 Å². The Bertz CT molecular complexity index is 1660. The molecule has 1 aliphatic carbocycles. The van der Waals surface area contributed by atoms with Gasteiger partial charge in [-0.05, 0) is 52.6 Å². The van der Waals surface area contributed by atoms with Crippen molar-refractivity contribution in [2.45, 2.75) is 12.8 Å². The van der Waals surface area contributed by atoms with Gasteiger partial charge in [0.2, 0.25) is 0 Å². The first kappa shape index (κ1) is 18.3. The Morgan fingerprint density at radius 1 is 0.667 bits per heavy atom. The number of nitrogens with zero attached hydrogens (tertiary/aromatic N) is 2. The molecule has 3 heteroatoms. The molecule has 0 atom stereocenters. The Labute approximate surface area is 191 Å². The lowest BCUT2D eigenvalue weighted by molar-refractivity contribution is 0.544. The molecule has 0 spiro atoms. The summed E-state index contributed by atoms with van der Waals surface area (Å²) in [4.78, 5) is 9.53. The Morgan fingerprint density at radius 3 is 2.48 bits per heavy atom. The molecule has 0 radical (unpaired) electrons. The van der Waals surface area contributed by atoms with Gasteiger partial charge in [0, 0.05) is 41.2 Å². The van der Waals surface area contributed by atoms with Crippen LogP contribution in [0.2, 0.25) is 0 Å². The Balaban J connectivity index is 1.55. The average molecular weight is 425 g/mol. The van der Waals surface area contributed by atoms with Gasteiger partial charge in [0.1, 0.15) is 11.3 Å². The van der Waals surface area contributed by atoms with Gasteiger partial charge >= 0.3 is 0 Å². The van der Waals surface area contributed by atoms with Crippen molar-refractivity contribution in [1.82, 2.24) is 9.97 Å². The molecule has 33 heavy (non-hydrogen) atoms. The number of pyridine rings is 2. The van der Waals surface area contributed by atoms with Crippen molar-refractivity contribution < 1.29 is 4.42 Å². The summed E-state index contributed by atoms with van der Waals surface area (Å²) in [7, 11) is 0. The summed E-state index contributed by atoms with van der Waals surface area (Å²) in [5, 5.41) is 3.52. The van der Waals surface area contributed by atoms with Gasteiger partial charge in [0.05, 0.1) is 11.1 Å². The highest BCUT2D eigenvalue weighted by Crippen LogP contribution is 2.44. The molecule has 0 aliphatic heterocycles. The molecule has 0 N–H and O–H groups in total. The zero-order valence-corrected chi connectivity index (χ0v) is 18.0. The van der Waals surface area contributed by atoms with Gasteiger partial charge in [-0.2, -0.15) is 0 Å².